The zero-order valence-corrected chi connectivity index (χ0v) is 16.5. The van der Waals surface area contributed by atoms with Gasteiger partial charge in [0.1, 0.15) is 17.8 Å². The molecule has 0 fully saturated rings. The van der Waals surface area contributed by atoms with E-state index in [1.807, 2.05) is 0 Å². The average Bonchev–Trinajstić information content (AvgIpc) is 3.31. The second-order valence-electron chi connectivity index (χ2n) is 5.88. The molecule has 0 aliphatic rings. The molecular formula is C17H14F3N3O4S2. The van der Waals surface area contributed by atoms with E-state index < -0.39 is 24.4 Å². The number of nitrogens with one attached hydrogen (secondary N) is 1. The number of halogens is 3. The van der Waals surface area contributed by atoms with E-state index in [0.29, 0.717) is 4.88 Å². The molecule has 0 bridgehead atoms. The topological polar surface area (TPSA) is 105 Å². The highest BCUT2D eigenvalue weighted by atomic mass is 32.2. The molecule has 1 amide bonds. The third kappa shape index (κ3) is 5.14. The molecule has 0 radical (unpaired) electrons. The fraction of sp³-hybridized carbons (Fsp3) is 0.294. The third-order valence-electron chi connectivity index (χ3n) is 3.72. The first kappa shape index (κ1) is 21.3. The minimum Gasteiger partial charge on any atom is -0.431 e. The highest BCUT2D eigenvalue weighted by Crippen LogP contribution is 2.31. The van der Waals surface area contributed by atoms with Gasteiger partial charge in [-0.15, -0.1) is 11.3 Å². The van der Waals surface area contributed by atoms with Gasteiger partial charge in [0, 0.05) is 10.9 Å². The number of fused-ring (bicyclic) bond motifs is 1. The second-order valence-corrected chi connectivity index (χ2v) is 7.92. The Morgan fingerprint density at radius 3 is 2.83 bits per heavy atom. The quantitative estimate of drug-likeness (QED) is 0.424. The number of carbonyl (C=O) groups is 2. The first-order chi connectivity index (χ1) is 13.7. The predicted octanol–water partition coefficient (Wildman–Crippen LogP) is 3.45. The van der Waals surface area contributed by atoms with Crippen molar-refractivity contribution in [2.45, 2.75) is 24.4 Å². The fourth-order valence-electron chi connectivity index (χ4n) is 2.32. The average molecular weight is 445 g/mol. The second kappa shape index (κ2) is 8.51. The number of oxazole rings is 1. The SMILES string of the molecule is C[C@H](NC(=O)CO)c1ccc(C(=O)CSc2nc3cnc(C(F)(F)F)cc3o2)s1. The minimum absolute atomic E-state index is 0.0241. The van der Waals surface area contributed by atoms with Crippen molar-refractivity contribution in [3.8, 4) is 0 Å². The number of aromatic nitrogens is 2. The number of alkyl halides is 3. The molecular weight excluding hydrogens is 431 g/mol. The Balaban J connectivity index is 1.64. The van der Waals surface area contributed by atoms with Crippen LogP contribution in [0.3, 0.4) is 0 Å². The molecule has 2 N–H and O–H groups in total. The number of ketones is 1. The van der Waals surface area contributed by atoms with E-state index in [0.717, 1.165) is 28.9 Å². The highest BCUT2D eigenvalue weighted by molar-refractivity contribution is 7.99. The number of hydrogen-bond acceptors (Lipinski definition) is 8. The zero-order chi connectivity index (χ0) is 21.2. The number of nitrogens with zero attached hydrogens (tertiary/aromatic N) is 2. The van der Waals surface area contributed by atoms with Gasteiger partial charge in [0.25, 0.3) is 5.22 Å². The fourth-order valence-corrected chi connectivity index (χ4v) is 4.08. The van der Waals surface area contributed by atoms with Crippen LogP contribution in [-0.4, -0.2) is 39.1 Å². The van der Waals surface area contributed by atoms with E-state index in [-0.39, 0.29) is 33.9 Å². The van der Waals surface area contributed by atoms with Crippen molar-refractivity contribution < 1.29 is 32.3 Å². The van der Waals surface area contributed by atoms with Gasteiger partial charge in [-0.25, -0.2) is 9.97 Å². The zero-order valence-electron chi connectivity index (χ0n) is 14.8. The number of hydrogen-bond donors (Lipinski definition) is 2. The van der Waals surface area contributed by atoms with E-state index >= 15 is 0 Å². The number of rotatable bonds is 7. The molecule has 0 aliphatic heterocycles. The highest BCUT2D eigenvalue weighted by Gasteiger charge is 2.33. The largest absolute Gasteiger partial charge is 0.433 e. The molecule has 154 valence electrons. The molecule has 0 saturated carbocycles. The molecule has 3 heterocycles. The molecule has 29 heavy (non-hydrogen) atoms. The van der Waals surface area contributed by atoms with Crippen LogP contribution in [0.25, 0.3) is 11.1 Å². The Morgan fingerprint density at radius 1 is 1.38 bits per heavy atom. The van der Waals surface area contributed by atoms with Crippen molar-refractivity contribution in [2.75, 3.05) is 12.4 Å². The van der Waals surface area contributed by atoms with Crippen LogP contribution in [0, 0.1) is 0 Å². The first-order valence-electron chi connectivity index (χ1n) is 8.17. The van der Waals surface area contributed by atoms with E-state index in [4.69, 9.17) is 9.52 Å². The summed E-state index contributed by atoms with van der Waals surface area (Å²) < 4.78 is 43.4. The van der Waals surface area contributed by atoms with Crippen molar-refractivity contribution in [3.05, 3.63) is 39.8 Å². The lowest BCUT2D eigenvalue weighted by Crippen LogP contribution is -2.28. The Kier molecular flexibility index (Phi) is 6.24. The van der Waals surface area contributed by atoms with Gasteiger partial charge in [-0.1, -0.05) is 11.8 Å². The van der Waals surface area contributed by atoms with Crippen LogP contribution in [0.5, 0.6) is 0 Å². The lowest BCUT2D eigenvalue weighted by Gasteiger charge is -2.10. The van der Waals surface area contributed by atoms with Crippen LogP contribution in [0.15, 0.2) is 34.0 Å². The summed E-state index contributed by atoms with van der Waals surface area (Å²) >= 11 is 2.16. The molecule has 0 saturated heterocycles. The Hall–Kier alpha value is -2.44. The lowest BCUT2D eigenvalue weighted by molar-refractivity contribution is -0.141. The molecule has 12 heteroatoms. The van der Waals surface area contributed by atoms with Crippen molar-refractivity contribution >= 4 is 45.9 Å². The van der Waals surface area contributed by atoms with E-state index in [9.17, 15) is 22.8 Å². The van der Waals surface area contributed by atoms with Crippen LogP contribution < -0.4 is 5.32 Å². The number of thioether (sulfide) groups is 1. The van der Waals surface area contributed by atoms with Gasteiger partial charge in [-0.05, 0) is 19.1 Å². The van der Waals surface area contributed by atoms with Crippen LogP contribution in [0.1, 0.15) is 33.2 Å². The Bertz CT molecular complexity index is 1050. The number of thiophene rings is 1. The summed E-state index contributed by atoms with van der Waals surface area (Å²) in [7, 11) is 0. The van der Waals surface area contributed by atoms with Gasteiger partial charge in [0.15, 0.2) is 11.4 Å². The van der Waals surface area contributed by atoms with E-state index in [1.165, 1.54) is 11.3 Å². The number of carbonyl (C=O) groups excluding carboxylic acids is 2. The number of amides is 1. The van der Waals surface area contributed by atoms with Gasteiger partial charge in [0.05, 0.1) is 22.9 Å². The molecule has 3 aromatic heterocycles. The maximum atomic E-state index is 12.7. The molecule has 0 spiro atoms. The van der Waals surface area contributed by atoms with Crippen LogP contribution in [0.2, 0.25) is 0 Å². The van der Waals surface area contributed by atoms with E-state index in [1.54, 1.807) is 19.1 Å². The van der Waals surface area contributed by atoms with Crippen molar-refractivity contribution in [1.29, 1.82) is 0 Å². The smallest absolute Gasteiger partial charge is 0.431 e. The molecule has 3 rings (SSSR count). The number of aliphatic hydroxyl groups excluding tert-OH is 1. The van der Waals surface area contributed by atoms with Gasteiger partial charge in [0.2, 0.25) is 5.91 Å². The van der Waals surface area contributed by atoms with Crippen molar-refractivity contribution in [3.63, 3.8) is 0 Å². The molecule has 0 aromatic carbocycles. The minimum atomic E-state index is -4.59. The summed E-state index contributed by atoms with van der Waals surface area (Å²) in [5.41, 5.74) is -0.976. The third-order valence-corrected chi connectivity index (χ3v) is 5.86. The number of Topliss-reactive ketones (excluding diaryl/α,β-unsaturated/α-hetero) is 1. The molecule has 1 atom stereocenters. The summed E-state index contributed by atoms with van der Waals surface area (Å²) in [6, 6.07) is 3.73. The Morgan fingerprint density at radius 2 is 2.14 bits per heavy atom. The van der Waals surface area contributed by atoms with Crippen LogP contribution in [-0.2, 0) is 11.0 Å². The van der Waals surface area contributed by atoms with E-state index in [2.05, 4.69) is 15.3 Å². The molecule has 7 nitrogen and oxygen atoms in total. The van der Waals surface area contributed by atoms with Gasteiger partial charge >= 0.3 is 6.18 Å². The molecule has 0 aliphatic carbocycles. The molecule has 3 aromatic rings. The lowest BCUT2D eigenvalue weighted by atomic mass is 10.2. The summed E-state index contributed by atoms with van der Waals surface area (Å²) in [5.74, 6) is -0.763. The van der Waals surface area contributed by atoms with Gasteiger partial charge in [-0.2, -0.15) is 13.2 Å². The van der Waals surface area contributed by atoms with Crippen molar-refractivity contribution in [1.82, 2.24) is 15.3 Å². The maximum absolute atomic E-state index is 12.7. The maximum Gasteiger partial charge on any atom is 0.433 e. The summed E-state index contributed by atoms with van der Waals surface area (Å²) in [6.45, 7) is 1.10. The summed E-state index contributed by atoms with van der Waals surface area (Å²) in [4.78, 5) is 32.1. The first-order valence-corrected chi connectivity index (χ1v) is 9.97. The monoisotopic (exact) mass is 445 g/mol. The standard InChI is InChI=1S/C17H14F3N3O4S2/c1-8(22-15(26)6-24)12-2-3-13(29-12)10(25)7-28-16-23-9-5-21-14(17(18,19)20)4-11(9)27-16/h2-5,8,24H,6-7H2,1H3,(H,22,26)/t8-/m0/s1. The van der Waals surface area contributed by atoms with Crippen molar-refractivity contribution in [2.24, 2.45) is 0 Å². The summed E-state index contributed by atoms with van der Waals surface area (Å²) in [5, 5.41) is 11.4. The molecule has 0 unspecified atom stereocenters. The van der Waals surface area contributed by atoms with Crippen LogP contribution in [0.4, 0.5) is 13.2 Å². The summed E-state index contributed by atoms with van der Waals surface area (Å²) in [6.07, 6.45) is -3.62. The van der Waals surface area contributed by atoms with Crippen LogP contribution >= 0.6 is 23.1 Å². The van der Waals surface area contributed by atoms with Gasteiger partial charge in [-0.3, -0.25) is 9.59 Å². The number of aliphatic hydroxyl groups is 1. The normalized spacial score (nSPS) is 12.9. The van der Waals surface area contributed by atoms with Gasteiger partial charge < -0.3 is 14.8 Å². The predicted molar refractivity (Wildman–Crippen MR) is 99.8 cm³/mol. The number of pyridine rings is 1. The Labute approximate surface area is 170 Å².